The Labute approximate surface area is 315 Å². The van der Waals surface area contributed by atoms with Gasteiger partial charge in [-0.25, -0.2) is 9.59 Å². The van der Waals surface area contributed by atoms with Crippen molar-refractivity contribution in [1.29, 1.82) is 0 Å². The number of fused-ring (bicyclic) bond motifs is 3. The number of rotatable bonds is 20. The lowest BCUT2D eigenvalue weighted by molar-refractivity contribution is -0.155. The number of ketones is 1. The van der Waals surface area contributed by atoms with Crippen LogP contribution in [0.2, 0.25) is 0 Å². The second-order valence-electron chi connectivity index (χ2n) is 14.3. The molecule has 8 nitrogen and oxygen atoms in total. The lowest BCUT2D eigenvalue weighted by atomic mass is 9.81. The Morgan fingerprint density at radius 1 is 0.942 bits per heavy atom. The Morgan fingerprint density at radius 2 is 1.54 bits per heavy atom. The van der Waals surface area contributed by atoms with Crippen LogP contribution in [0.3, 0.4) is 0 Å². The van der Waals surface area contributed by atoms with Gasteiger partial charge in [0.2, 0.25) is 0 Å². The number of carboxylic acid groups (broad SMARTS) is 1. The van der Waals surface area contributed by atoms with Crippen molar-refractivity contribution in [3.05, 3.63) is 83.0 Å². The average molecular weight is 734 g/mol. The Hall–Kier alpha value is -3.85. The Balaban J connectivity index is 1.72. The van der Waals surface area contributed by atoms with Crippen molar-refractivity contribution in [1.82, 2.24) is 4.90 Å². The Bertz CT molecular complexity index is 1550. The third-order valence-electron chi connectivity index (χ3n) is 10.9. The zero-order chi connectivity index (χ0) is 38.5. The molecule has 0 bridgehead atoms. The van der Waals surface area contributed by atoms with E-state index in [2.05, 4.69) is 37.3 Å². The summed E-state index contributed by atoms with van der Waals surface area (Å²) in [5.74, 6) is -1.66. The molecule has 0 unspecified atom stereocenters. The van der Waals surface area contributed by atoms with Crippen molar-refractivity contribution in [3.63, 3.8) is 0 Å². The molecule has 1 amide bonds. The summed E-state index contributed by atoms with van der Waals surface area (Å²) in [5.41, 5.74) is 6.00. The summed E-state index contributed by atoms with van der Waals surface area (Å²) < 4.78 is 12.1. The maximum absolute atomic E-state index is 13.7. The van der Waals surface area contributed by atoms with E-state index in [1.165, 1.54) is 4.90 Å². The number of nitrogens with zero attached hydrogens (tertiary/aromatic N) is 1. The van der Waals surface area contributed by atoms with E-state index in [-0.39, 0.29) is 42.5 Å². The molecule has 1 aliphatic rings. The number of carbonyl (C=O) groups excluding carboxylic acids is 3. The topological polar surface area (TPSA) is 110 Å². The molecule has 0 radical (unpaired) electrons. The predicted molar refractivity (Wildman–Crippen MR) is 210 cm³/mol. The SMILES string of the molecule is CC/C=C(\C)[C@@H](OC(=O)[C@H](C)N(C)C(=O)OCC1c2ccccc2-c2ccccc21)[C@@H](C)[C@H](C/C=C(\C)C(=O)C[C@@H](C(=O)O)[C@@H](C)CC)CCSC. The van der Waals surface area contributed by atoms with Crippen LogP contribution in [0, 0.1) is 23.7 Å². The van der Waals surface area contributed by atoms with E-state index >= 15 is 0 Å². The van der Waals surface area contributed by atoms with Gasteiger partial charge in [0.1, 0.15) is 18.8 Å². The van der Waals surface area contributed by atoms with Gasteiger partial charge in [-0.05, 0) is 97.3 Å². The quantitative estimate of drug-likeness (QED) is 0.0814. The molecule has 52 heavy (non-hydrogen) atoms. The van der Waals surface area contributed by atoms with Crippen LogP contribution in [0.1, 0.15) is 97.6 Å². The van der Waals surface area contributed by atoms with Gasteiger partial charge in [0, 0.05) is 25.3 Å². The minimum absolute atomic E-state index is 0.0224. The van der Waals surface area contributed by atoms with Crippen molar-refractivity contribution in [2.75, 3.05) is 25.7 Å². The van der Waals surface area contributed by atoms with Gasteiger partial charge in [-0.2, -0.15) is 11.8 Å². The van der Waals surface area contributed by atoms with Crippen LogP contribution in [0.5, 0.6) is 0 Å². The van der Waals surface area contributed by atoms with E-state index < -0.39 is 36.1 Å². The molecule has 0 aromatic heterocycles. The first-order valence-electron chi connectivity index (χ1n) is 18.6. The molecule has 3 rings (SSSR count). The molecule has 0 saturated heterocycles. The molecule has 2 aromatic carbocycles. The number of ether oxygens (including phenoxy) is 2. The first-order valence-corrected chi connectivity index (χ1v) is 20.0. The number of esters is 1. The summed E-state index contributed by atoms with van der Waals surface area (Å²) in [6.07, 6.45) is 7.76. The maximum Gasteiger partial charge on any atom is 0.410 e. The number of benzene rings is 2. The number of aliphatic carboxylic acids is 1. The lowest BCUT2D eigenvalue weighted by Crippen LogP contribution is -2.44. The van der Waals surface area contributed by atoms with E-state index in [9.17, 15) is 24.3 Å². The van der Waals surface area contributed by atoms with E-state index in [1.54, 1.807) is 32.7 Å². The van der Waals surface area contributed by atoms with Crippen molar-refractivity contribution in [3.8, 4) is 11.1 Å². The number of carboxylic acids is 1. The smallest absolute Gasteiger partial charge is 0.410 e. The van der Waals surface area contributed by atoms with Crippen LogP contribution in [-0.2, 0) is 23.9 Å². The molecule has 1 aliphatic carbocycles. The molecule has 0 heterocycles. The second kappa shape index (κ2) is 20.4. The van der Waals surface area contributed by atoms with Crippen molar-refractivity contribution >= 4 is 35.6 Å². The molecule has 2 aromatic rings. The fourth-order valence-corrected chi connectivity index (χ4v) is 7.56. The molecule has 0 saturated carbocycles. The highest BCUT2D eigenvalue weighted by atomic mass is 32.2. The summed E-state index contributed by atoms with van der Waals surface area (Å²) in [5, 5.41) is 9.71. The molecule has 9 heteroatoms. The first-order chi connectivity index (χ1) is 24.8. The minimum Gasteiger partial charge on any atom is -0.481 e. The summed E-state index contributed by atoms with van der Waals surface area (Å²) in [7, 11) is 1.56. The van der Waals surface area contributed by atoms with Crippen LogP contribution in [-0.4, -0.2) is 71.6 Å². The number of allylic oxidation sites excluding steroid dienone is 3. The summed E-state index contributed by atoms with van der Waals surface area (Å²) in [4.78, 5) is 53.3. The zero-order valence-electron chi connectivity index (χ0n) is 32.5. The number of hydrogen-bond donors (Lipinski definition) is 1. The second-order valence-corrected chi connectivity index (χ2v) is 15.3. The van der Waals surface area contributed by atoms with E-state index in [0.717, 1.165) is 46.4 Å². The Morgan fingerprint density at radius 3 is 2.08 bits per heavy atom. The summed E-state index contributed by atoms with van der Waals surface area (Å²) >= 11 is 1.73. The van der Waals surface area contributed by atoms with Gasteiger partial charge in [0.25, 0.3) is 0 Å². The van der Waals surface area contributed by atoms with Gasteiger partial charge in [-0.15, -0.1) is 0 Å². The molecular formula is C43H59NO7S. The van der Waals surface area contributed by atoms with Gasteiger partial charge in [-0.3, -0.25) is 14.5 Å². The molecule has 0 aliphatic heterocycles. The average Bonchev–Trinajstić information content (AvgIpc) is 3.46. The van der Waals surface area contributed by atoms with Crippen LogP contribution in [0.4, 0.5) is 4.79 Å². The van der Waals surface area contributed by atoms with Gasteiger partial charge in [0.15, 0.2) is 5.78 Å². The monoisotopic (exact) mass is 733 g/mol. The number of Topliss-reactive ketones (excluding diaryl/α,β-unsaturated/α-hetero) is 1. The van der Waals surface area contributed by atoms with E-state index in [0.29, 0.717) is 18.4 Å². The summed E-state index contributed by atoms with van der Waals surface area (Å²) in [6.45, 7) is 13.4. The fraction of sp³-hybridized carbons (Fsp3) is 0.535. The first kappa shape index (κ1) is 42.6. The highest BCUT2D eigenvalue weighted by Crippen LogP contribution is 2.44. The highest BCUT2D eigenvalue weighted by Gasteiger charge is 2.35. The van der Waals surface area contributed by atoms with Crippen LogP contribution < -0.4 is 0 Å². The maximum atomic E-state index is 13.7. The number of thioether (sulfide) groups is 1. The Kier molecular flexibility index (Phi) is 16.7. The number of likely N-dealkylation sites (N-methyl/N-ethyl adjacent to an activating group) is 1. The normalized spacial score (nSPS) is 16.5. The zero-order valence-corrected chi connectivity index (χ0v) is 33.3. The largest absolute Gasteiger partial charge is 0.481 e. The highest BCUT2D eigenvalue weighted by molar-refractivity contribution is 7.98. The lowest BCUT2D eigenvalue weighted by Gasteiger charge is -2.33. The molecule has 0 fully saturated rings. The fourth-order valence-electron chi connectivity index (χ4n) is 7.02. The number of carbonyl (C=O) groups is 4. The number of hydrogen-bond acceptors (Lipinski definition) is 7. The molecule has 1 N–H and O–H groups in total. The minimum atomic E-state index is -0.941. The predicted octanol–water partition coefficient (Wildman–Crippen LogP) is 9.57. The van der Waals surface area contributed by atoms with Crippen LogP contribution >= 0.6 is 11.8 Å². The molecule has 6 atom stereocenters. The van der Waals surface area contributed by atoms with Crippen LogP contribution in [0.25, 0.3) is 11.1 Å². The van der Waals surface area contributed by atoms with Gasteiger partial charge in [0.05, 0.1) is 5.92 Å². The third-order valence-corrected chi connectivity index (χ3v) is 11.5. The summed E-state index contributed by atoms with van der Waals surface area (Å²) in [6, 6.07) is 15.4. The molecule has 0 spiro atoms. The van der Waals surface area contributed by atoms with Gasteiger partial charge >= 0.3 is 18.0 Å². The third kappa shape index (κ3) is 10.8. The van der Waals surface area contributed by atoms with Crippen molar-refractivity contribution in [2.45, 2.75) is 98.6 Å². The van der Waals surface area contributed by atoms with Crippen molar-refractivity contribution < 1.29 is 33.8 Å². The van der Waals surface area contributed by atoms with E-state index in [1.807, 2.05) is 64.3 Å². The molecule has 284 valence electrons. The van der Waals surface area contributed by atoms with Crippen LogP contribution in [0.15, 0.2) is 71.8 Å². The standard InChI is InChI=1S/C43H59NO7S/c1-10-16-29(5)40(30(6)32(23-24-52-9)22-21-28(4)39(45)25-37(41(46)47)27(3)11-2)51-42(48)31(7)44(8)43(49)50-26-38-35-19-14-12-17-33(35)34-18-13-15-20-36(34)38/h12-21,27,30-32,37-38,40H,10-11,22-26H2,1-9H3,(H,46,47)/b28-21+,29-16+/t27-,30-,31-,32+,37+,40+/m0/s1. The molecular weight excluding hydrogens is 675 g/mol. The van der Waals surface area contributed by atoms with Gasteiger partial charge < -0.3 is 14.6 Å². The van der Waals surface area contributed by atoms with Gasteiger partial charge in [-0.1, -0.05) is 94.8 Å². The number of amides is 1. The van der Waals surface area contributed by atoms with Crippen molar-refractivity contribution in [2.24, 2.45) is 23.7 Å². The van der Waals surface area contributed by atoms with E-state index in [4.69, 9.17) is 9.47 Å².